The lowest BCUT2D eigenvalue weighted by Crippen LogP contribution is -2.26. The lowest BCUT2D eigenvalue weighted by atomic mass is 10.1. The third kappa shape index (κ3) is 5.16. The number of carbonyl (C=O) groups excluding carboxylic acids is 2. The first-order valence-corrected chi connectivity index (χ1v) is 8.81. The number of amides is 2. The summed E-state index contributed by atoms with van der Waals surface area (Å²) in [5.41, 5.74) is 7.49. The summed E-state index contributed by atoms with van der Waals surface area (Å²) < 4.78 is 16.0. The van der Waals surface area contributed by atoms with Crippen molar-refractivity contribution in [3.63, 3.8) is 0 Å². The predicted octanol–water partition coefficient (Wildman–Crippen LogP) is 2.40. The van der Waals surface area contributed by atoms with Gasteiger partial charge in [-0.2, -0.15) is 0 Å². The highest BCUT2D eigenvalue weighted by molar-refractivity contribution is 5.92. The second-order valence-corrected chi connectivity index (χ2v) is 6.35. The predicted molar refractivity (Wildman–Crippen MR) is 106 cm³/mol. The number of nitrogens with two attached hydrogens (primary N) is 1. The highest BCUT2D eigenvalue weighted by Crippen LogP contribution is 2.38. The van der Waals surface area contributed by atoms with Crippen molar-refractivity contribution in [3.8, 4) is 17.2 Å². The molecule has 0 bridgehead atoms. The summed E-state index contributed by atoms with van der Waals surface area (Å²) in [4.78, 5) is 25.4. The molecule has 0 saturated heterocycles. The topological polar surface area (TPSA) is 91.1 Å². The van der Waals surface area contributed by atoms with Crippen molar-refractivity contribution in [2.75, 3.05) is 28.4 Å². The van der Waals surface area contributed by atoms with Gasteiger partial charge in [0.05, 0.1) is 21.3 Å². The molecule has 0 aliphatic carbocycles. The Labute approximate surface area is 165 Å². The molecule has 2 aromatic carbocycles. The molecule has 7 heteroatoms. The fourth-order valence-electron chi connectivity index (χ4n) is 2.91. The molecular formula is C21H26N2O5. The van der Waals surface area contributed by atoms with Crippen LogP contribution in [0.2, 0.25) is 0 Å². The third-order valence-corrected chi connectivity index (χ3v) is 4.41. The number of aryl methyl sites for hydroxylation is 1. The highest BCUT2D eigenvalue weighted by Gasteiger charge is 2.15. The lowest BCUT2D eigenvalue weighted by molar-refractivity contribution is -0.130. The highest BCUT2D eigenvalue weighted by atomic mass is 16.5. The average Bonchev–Trinajstić information content (AvgIpc) is 2.70. The molecule has 0 aromatic heterocycles. The zero-order valence-corrected chi connectivity index (χ0v) is 16.7. The van der Waals surface area contributed by atoms with Crippen molar-refractivity contribution in [2.24, 2.45) is 5.73 Å². The molecule has 0 fully saturated rings. The van der Waals surface area contributed by atoms with E-state index in [-0.39, 0.29) is 5.91 Å². The molecule has 0 atom stereocenters. The molecule has 0 radical (unpaired) electrons. The Morgan fingerprint density at radius 3 is 2.14 bits per heavy atom. The Morgan fingerprint density at radius 1 is 0.964 bits per heavy atom. The van der Waals surface area contributed by atoms with Crippen LogP contribution in [-0.4, -0.2) is 45.1 Å². The molecule has 0 saturated carbocycles. The summed E-state index contributed by atoms with van der Waals surface area (Å²) in [6, 6.07) is 10.6. The number of primary amides is 1. The minimum absolute atomic E-state index is 0.0155. The SMILES string of the molecule is COc1cc(CCC(=O)N(C)Cc2cccc(C(N)=O)c2)cc(OC)c1OC. The van der Waals surface area contributed by atoms with Gasteiger partial charge in [-0.05, 0) is 41.8 Å². The summed E-state index contributed by atoms with van der Waals surface area (Å²) in [6.07, 6.45) is 0.853. The van der Waals surface area contributed by atoms with Gasteiger partial charge in [0.2, 0.25) is 17.6 Å². The van der Waals surface area contributed by atoms with Crippen LogP contribution in [0, 0.1) is 0 Å². The van der Waals surface area contributed by atoms with Crippen molar-refractivity contribution in [2.45, 2.75) is 19.4 Å². The van der Waals surface area contributed by atoms with Crippen LogP contribution >= 0.6 is 0 Å². The van der Waals surface area contributed by atoms with E-state index in [2.05, 4.69) is 0 Å². The average molecular weight is 386 g/mol. The largest absolute Gasteiger partial charge is 0.493 e. The van der Waals surface area contributed by atoms with Crippen molar-refractivity contribution in [1.29, 1.82) is 0 Å². The maximum absolute atomic E-state index is 12.5. The van der Waals surface area contributed by atoms with Crippen LogP contribution in [0.5, 0.6) is 17.2 Å². The van der Waals surface area contributed by atoms with Crippen LogP contribution in [0.25, 0.3) is 0 Å². The zero-order chi connectivity index (χ0) is 20.7. The first-order chi connectivity index (χ1) is 13.4. The van der Waals surface area contributed by atoms with E-state index in [1.54, 1.807) is 51.5 Å². The Kier molecular flexibility index (Phi) is 7.26. The molecule has 2 N–H and O–H groups in total. The van der Waals surface area contributed by atoms with Crippen LogP contribution in [-0.2, 0) is 17.8 Å². The van der Waals surface area contributed by atoms with Crippen LogP contribution in [0.3, 0.4) is 0 Å². The van der Waals surface area contributed by atoms with Gasteiger partial charge in [0, 0.05) is 25.6 Å². The van der Waals surface area contributed by atoms with E-state index in [1.807, 2.05) is 18.2 Å². The van der Waals surface area contributed by atoms with Gasteiger partial charge in [0.15, 0.2) is 11.5 Å². The summed E-state index contributed by atoms with van der Waals surface area (Å²) in [7, 11) is 6.39. The first-order valence-electron chi connectivity index (χ1n) is 8.81. The van der Waals surface area contributed by atoms with Crippen molar-refractivity contribution in [3.05, 3.63) is 53.1 Å². The smallest absolute Gasteiger partial charge is 0.248 e. The van der Waals surface area contributed by atoms with Crippen molar-refractivity contribution >= 4 is 11.8 Å². The van der Waals surface area contributed by atoms with Gasteiger partial charge in [-0.15, -0.1) is 0 Å². The van der Waals surface area contributed by atoms with Gasteiger partial charge in [-0.1, -0.05) is 12.1 Å². The van der Waals surface area contributed by atoms with E-state index in [1.165, 1.54) is 0 Å². The maximum Gasteiger partial charge on any atom is 0.248 e. The van der Waals surface area contributed by atoms with Gasteiger partial charge in [0.1, 0.15) is 0 Å². The summed E-state index contributed by atoms with van der Waals surface area (Å²) in [6.45, 7) is 0.398. The second kappa shape index (κ2) is 9.64. The monoisotopic (exact) mass is 386 g/mol. The van der Waals surface area contributed by atoms with Crippen LogP contribution in [0.15, 0.2) is 36.4 Å². The minimum atomic E-state index is -0.488. The van der Waals surface area contributed by atoms with Crippen LogP contribution in [0.1, 0.15) is 27.9 Å². The second-order valence-electron chi connectivity index (χ2n) is 6.35. The normalized spacial score (nSPS) is 10.3. The summed E-state index contributed by atoms with van der Waals surface area (Å²) in [5, 5.41) is 0. The van der Waals surface area contributed by atoms with E-state index in [4.69, 9.17) is 19.9 Å². The van der Waals surface area contributed by atoms with E-state index in [9.17, 15) is 9.59 Å². The molecule has 0 spiro atoms. The number of hydrogen-bond donors (Lipinski definition) is 1. The molecule has 0 aliphatic heterocycles. The van der Waals surface area contributed by atoms with Gasteiger partial charge in [-0.25, -0.2) is 0 Å². The van der Waals surface area contributed by atoms with Crippen LogP contribution < -0.4 is 19.9 Å². The Morgan fingerprint density at radius 2 is 1.61 bits per heavy atom. The van der Waals surface area contributed by atoms with E-state index >= 15 is 0 Å². The lowest BCUT2D eigenvalue weighted by Gasteiger charge is -2.18. The van der Waals surface area contributed by atoms with Gasteiger partial charge < -0.3 is 24.8 Å². The van der Waals surface area contributed by atoms with Crippen molar-refractivity contribution in [1.82, 2.24) is 4.90 Å². The van der Waals surface area contributed by atoms with E-state index in [0.29, 0.717) is 42.2 Å². The van der Waals surface area contributed by atoms with Gasteiger partial charge in [0.25, 0.3) is 0 Å². The fraction of sp³-hybridized carbons (Fsp3) is 0.333. The van der Waals surface area contributed by atoms with E-state index < -0.39 is 5.91 Å². The zero-order valence-electron chi connectivity index (χ0n) is 16.7. The molecule has 150 valence electrons. The molecule has 0 heterocycles. The molecule has 2 amide bonds. The number of nitrogens with zero attached hydrogens (tertiary/aromatic N) is 1. The number of carbonyl (C=O) groups is 2. The molecule has 0 unspecified atom stereocenters. The van der Waals surface area contributed by atoms with Crippen molar-refractivity contribution < 1.29 is 23.8 Å². The maximum atomic E-state index is 12.5. The standard InChI is InChI=1S/C21H26N2O5/c1-23(13-15-6-5-7-16(10-15)21(22)25)19(24)9-8-14-11-17(26-2)20(28-4)18(12-14)27-3/h5-7,10-12H,8-9,13H2,1-4H3,(H2,22,25). The quantitative estimate of drug-likeness (QED) is 0.715. The molecular weight excluding hydrogens is 360 g/mol. The summed E-state index contributed by atoms with van der Waals surface area (Å²) >= 11 is 0. The third-order valence-electron chi connectivity index (χ3n) is 4.41. The number of hydrogen-bond acceptors (Lipinski definition) is 5. The van der Waals surface area contributed by atoms with Gasteiger partial charge in [-0.3, -0.25) is 9.59 Å². The van der Waals surface area contributed by atoms with E-state index in [0.717, 1.165) is 11.1 Å². The molecule has 7 nitrogen and oxygen atoms in total. The number of rotatable bonds is 9. The minimum Gasteiger partial charge on any atom is -0.493 e. The Hall–Kier alpha value is -3.22. The molecule has 0 aliphatic rings. The van der Waals surface area contributed by atoms with Crippen LogP contribution in [0.4, 0.5) is 0 Å². The molecule has 2 aromatic rings. The first kappa shape index (κ1) is 21.1. The Balaban J connectivity index is 2.03. The summed E-state index contributed by atoms with van der Waals surface area (Å²) in [5.74, 6) is 1.13. The fourth-order valence-corrected chi connectivity index (χ4v) is 2.91. The number of methoxy groups -OCH3 is 3. The number of ether oxygens (including phenoxy) is 3. The molecule has 2 rings (SSSR count). The Bertz CT molecular complexity index is 825. The van der Waals surface area contributed by atoms with Gasteiger partial charge >= 0.3 is 0 Å². The molecule has 28 heavy (non-hydrogen) atoms. The number of benzene rings is 2.